The molecule has 4 N–H and O–H groups in total. The molecule has 0 rings (SSSR count). The second-order valence-electron chi connectivity index (χ2n) is 8.45. The van der Waals surface area contributed by atoms with Gasteiger partial charge in [0.05, 0.1) is 39.0 Å². The van der Waals surface area contributed by atoms with Crippen LogP contribution in [0.25, 0.3) is 0 Å². The number of aliphatic hydroxyl groups is 2. The molecule has 0 fully saturated rings. The van der Waals surface area contributed by atoms with Gasteiger partial charge in [0.1, 0.15) is 38.1 Å². The highest BCUT2D eigenvalue weighted by atomic mass is 16.7. The van der Waals surface area contributed by atoms with Gasteiger partial charge in [0.15, 0.2) is 14.1 Å². The van der Waals surface area contributed by atoms with Crippen LogP contribution in [0.5, 0.6) is 0 Å². The van der Waals surface area contributed by atoms with Gasteiger partial charge < -0.3 is 54.0 Å². The first kappa shape index (κ1) is 37.2. The van der Waals surface area contributed by atoms with E-state index in [0.717, 1.165) is 6.92 Å². The highest BCUT2D eigenvalue weighted by Gasteiger charge is 2.32. The van der Waals surface area contributed by atoms with Crippen LogP contribution in [0.15, 0.2) is 0 Å². The molecule has 40 heavy (non-hydrogen) atoms. The summed E-state index contributed by atoms with van der Waals surface area (Å²) in [5.74, 6) is -2.99. The number of carbonyl (C=O) groups excluding carboxylic acids is 5. The summed E-state index contributed by atoms with van der Waals surface area (Å²) in [6.45, 7) is 3.63. The summed E-state index contributed by atoms with van der Waals surface area (Å²) in [6, 6.07) is -2.03. The van der Waals surface area contributed by atoms with E-state index in [1.807, 2.05) is 0 Å². The number of carbonyl (C=O) groups is 5. The molecule has 0 aliphatic heterocycles. The maximum absolute atomic E-state index is 12.3. The SMILES string of the molecule is B[C@@H](OC(C)=O)[C@@H](COC(C)=O)O[C@@H](OCC(=O)NCCOCCOC[C@H](O)CO)[C@@H](COC(C)=O)NC(C)=O. The fourth-order valence-electron chi connectivity index (χ4n) is 2.87. The van der Waals surface area contributed by atoms with Crippen molar-refractivity contribution < 1.29 is 67.3 Å². The van der Waals surface area contributed by atoms with Crippen molar-refractivity contribution in [2.24, 2.45) is 0 Å². The minimum atomic E-state index is -1.41. The number of nitrogens with one attached hydrogen (secondary N) is 2. The Labute approximate surface area is 233 Å². The van der Waals surface area contributed by atoms with E-state index < -0.39 is 73.5 Å². The molecular weight excluding hydrogens is 539 g/mol. The fraction of sp³-hybridized carbons (Fsp3) is 0.783. The molecule has 0 spiro atoms. The van der Waals surface area contributed by atoms with Crippen molar-refractivity contribution in [1.29, 1.82) is 0 Å². The fourth-order valence-corrected chi connectivity index (χ4v) is 2.87. The summed E-state index contributed by atoms with van der Waals surface area (Å²) in [6.07, 6.45) is -3.45. The molecule has 5 atom stereocenters. The highest BCUT2D eigenvalue weighted by molar-refractivity contribution is 6.12. The van der Waals surface area contributed by atoms with Gasteiger partial charge in [-0.2, -0.15) is 0 Å². The third-order valence-electron chi connectivity index (χ3n) is 4.66. The zero-order valence-electron chi connectivity index (χ0n) is 23.5. The van der Waals surface area contributed by atoms with E-state index >= 15 is 0 Å². The predicted octanol–water partition coefficient (Wildman–Crippen LogP) is -3.63. The molecule has 230 valence electrons. The van der Waals surface area contributed by atoms with E-state index in [-0.39, 0.29) is 46.2 Å². The average molecular weight is 580 g/mol. The zero-order chi connectivity index (χ0) is 30.5. The van der Waals surface area contributed by atoms with Gasteiger partial charge in [-0.25, -0.2) is 0 Å². The van der Waals surface area contributed by atoms with Gasteiger partial charge in [-0.05, 0) is 0 Å². The molecule has 17 heteroatoms. The summed E-state index contributed by atoms with van der Waals surface area (Å²) in [7, 11) is 1.48. The molecule has 0 radical (unpaired) electrons. The van der Waals surface area contributed by atoms with Crippen LogP contribution >= 0.6 is 0 Å². The standard InChI is InChI=1S/C23H41BN2O14/c1-14(28)26-19(11-36-15(2)29)23(40-20(12-37-16(3)30)22(24)39-17(4)31)38-13-21(33)25-5-6-34-7-8-35-10-18(32)9-27/h18-20,22-23,27,32H,5-13,24H2,1-4H3,(H,25,33)(H,26,28)/t18-,19-,20-,22+,23-/m1/s1. The van der Waals surface area contributed by atoms with Crippen molar-refractivity contribution >= 4 is 37.6 Å². The maximum atomic E-state index is 12.3. The number of aliphatic hydroxyl groups excluding tert-OH is 2. The minimum Gasteiger partial charge on any atom is -0.469 e. The lowest BCUT2D eigenvalue weighted by Gasteiger charge is -2.32. The Bertz CT molecular complexity index is 787. The van der Waals surface area contributed by atoms with Gasteiger partial charge >= 0.3 is 17.9 Å². The monoisotopic (exact) mass is 580 g/mol. The average Bonchev–Trinajstić information content (AvgIpc) is 2.86. The molecule has 0 unspecified atom stereocenters. The number of amides is 2. The lowest BCUT2D eigenvalue weighted by atomic mass is 9.94. The molecule has 0 aromatic rings. The molecular formula is C23H41BN2O14. The van der Waals surface area contributed by atoms with Crippen molar-refractivity contribution in [2.75, 3.05) is 59.4 Å². The minimum absolute atomic E-state index is 0.0322. The molecule has 0 aliphatic carbocycles. The van der Waals surface area contributed by atoms with Crippen LogP contribution in [0.4, 0.5) is 0 Å². The van der Waals surface area contributed by atoms with Crippen LogP contribution in [0.2, 0.25) is 0 Å². The molecule has 0 aliphatic rings. The maximum Gasteiger partial charge on any atom is 0.302 e. The van der Waals surface area contributed by atoms with Crippen LogP contribution in [0.1, 0.15) is 27.7 Å². The molecule has 2 amide bonds. The smallest absolute Gasteiger partial charge is 0.302 e. The number of esters is 3. The lowest BCUT2D eigenvalue weighted by Crippen LogP contribution is -2.52. The van der Waals surface area contributed by atoms with Crippen molar-refractivity contribution in [2.45, 2.75) is 58.2 Å². The van der Waals surface area contributed by atoms with E-state index in [1.54, 1.807) is 0 Å². The third kappa shape index (κ3) is 20.1. The summed E-state index contributed by atoms with van der Waals surface area (Å²) in [4.78, 5) is 58.4. The third-order valence-corrected chi connectivity index (χ3v) is 4.66. The van der Waals surface area contributed by atoms with Gasteiger partial charge in [0.25, 0.3) is 0 Å². The quantitative estimate of drug-likeness (QED) is 0.0320. The zero-order valence-corrected chi connectivity index (χ0v) is 23.5. The Kier molecular flexibility index (Phi) is 20.4. The van der Waals surface area contributed by atoms with Crippen molar-refractivity contribution in [3.05, 3.63) is 0 Å². The molecule has 0 heterocycles. The normalized spacial score (nSPS) is 14.7. The summed E-state index contributed by atoms with van der Waals surface area (Å²) >= 11 is 0. The van der Waals surface area contributed by atoms with Crippen molar-refractivity contribution in [1.82, 2.24) is 10.6 Å². The molecule has 0 aromatic heterocycles. The summed E-state index contributed by atoms with van der Waals surface area (Å²) < 4.78 is 37.0. The van der Waals surface area contributed by atoms with Gasteiger partial charge in [0, 0.05) is 34.2 Å². The Balaban J connectivity index is 5.20. The van der Waals surface area contributed by atoms with Gasteiger partial charge in [-0.15, -0.1) is 0 Å². The lowest BCUT2D eigenvalue weighted by molar-refractivity contribution is -0.216. The number of rotatable bonds is 22. The first-order valence-electron chi connectivity index (χ1n) is 12.5. The molecule has 0 bridgehead atoms. The summed E-state index contributed by atoms with van der Waals surface area (Å²) in [5.41, 5.74) is 0. The largest absolute Gasteiger partial charge is 0.469 e. The Morgan fingerprint density at radius 2 is 1.48 bits per heavy atom. The highest BCUT2D eigenvalue weighted by Crippen LogP contribution is 2.13. The first-order valence-corrected chi connectivity index (χ1v) is 12.5. The number of hydrogen-bond acceptors (Lipinski definition) is 14. The van der Waals surface area contributed by atoms with E-state index in [0.29, 0.717) is 0 Å². The molecule has 16 nitrogen and oxygen atoms in total. The van der Waals surface area contributed by atoms with E-state index in [9.17, 15) is 29.1 Å². The van der Waals surface area contributed by atoms with Gasteiger partial charge in [-0.1, -0.05) is 0 Å². The van der Waals surface area contributed by atoms with Gasteiger partial charge in [0.2, 0.25) is 11.8 Å². The number of hydrogen-bond donors (Lipinski definition) is 4. The predicted molar refractivity (Wildman–Crippen MR) is 137 cm³/mol. The van der Waals surface area contributed by atoms with E-state index in [4.69, 9.17) is 38.3 Å². The van der Waals surface area contributed by atoms with Crippen LogP contribution < -0.4 is 10.6 Å². The number of ether oxygens (including phenoxy) is 7. The Morgan fingerprint density at radius 1 is 0.850 bits per heavy atom. The van der Waals surface area contributed by atoms with Crippen LogP contribution in [-0.4, -0.2) is 138 Å². The van der Waals surface area contributed by atoms with E-state index in [1.165, 1.54) is 28.6 Å². The molecule has 0 saturated carbocycles. The van der Waals surface area contributed by atoms with Crippen LogP contribution in [-0.2, 0) is 57.1 Å². The van der Waals surface area contributed by atoms with E-state index in [2.05, 4.69) is 10.6 Å². The Morgan fingerprint density at radius 3 is 2.05 bits per heavy atom. The molecule has 0 aromatic carbocycles. The Hall–Kier alpha value is -2.83. The van der Waals surface area contributed by atoms with Gasteiger partial charge in [-0.3, -0.25) is 24.0 Å². The second-order valence-corrected chi connectivity index (χ2v) is 8.45. The van der Waals surface area contributed by atoms with Crippen LogP contribution in [0.3, 0.4) is 0 Å². The summed E-state index contributed by atoms with van der Waals surface area (Å²) in [5, 5.41) is 23.0. The topological polar surface area (TPSA) is 214 Å². The molecule has 0 saturated heterocycles. The second kappa shape index (κ2) is 21.9. The van der Waals surface area contributed by atoms with Crippen molar-refractivity contribution in [3.63, 3.8) is 0 Å². The van der Waals surface area contributed by atoms with Crippen molar-refractivity contribution in [3.8, 4) is 0 Å². The first-order chi connectivity index (χ1) is 18.8. The van der Waals surface area contributed by atoms with Crippen LogP contribution in [0, 0.1) is 0 Å².